The molecule has 0 radical (unpaired) electrons. The second kappa shape index (κ2) is 20.4. The minimum atomic E-state index is -1.01. The maximum absolute atomic E-state index is 12.6. The van der Waals surface area contributed by atoms with E-state index in [0.29, 0.717) is 75.2 Å². The second-order valence-electron chi connectivity index (χ2n) is 24.2. The van der Waals surface area contributed by atoms with Crippen molar-refractivity contribution in [1.82, 2.24) is 0 Å². The van der Waals surface area contributed by atoms with Crippen LogP contribution in [0.1, 0.15) is 162 Å². The summed E-state index contributed by atoms with van der Waals surface area (Å²) in [4.78, 5) is 39.0. The zero-order valence-electron chi connectivity index (χ0n) is 43.2. The van der Waals surface area contributed by atoms with E-state index in [1.54, 1.807) is 0 Å². The fourth-order valence-electron chi connectivity index (χ4n) is 17.2. The van der Waals surface area contributed by atoms with Gasteiger partial charge in [0.1, 0.15) is 11.4 Å². The van der Waals surface area contributed by atoms with Gasteiger partial charge in [0.15, 0.2) is 6.79 Å². The van der Waals surface area contributed by atoms with E-state index < -0.39 is 17.7 Å². The van der Waals surface area contributed by atoms with Crippen LogP contribution in [-0.2, 0) is 28.6 Å². The molecule has 9 rings (SSSR count). The zero-order chi connectivity index (χ0) is 49.8. The summed E-state index contributed by atoms with van der Waals surface area (Å²) in [6.45, 7) is 12.7. The molecule has 1 aromatic carbocycles. The largest absolute Gasteiger partial charge is 0.481 e. The summed E-state index contributed by atoms with van der Waals surface area (Å²) >= 11 is 0. The number of aliphatic carboxylic acids is 1. The summed E-state index contributed by atoms with van der Waals surface area (Å²) in [5.74, 6) is 7.94. The predicted octanol–water partition coefficient (Wildman–Crippen LogP) is 9.53. The van der Waals surface area contributed by atoms with Gasteiger partial charge in [-0.05, 0) is 190 Å². The van der Waals surface area contributed by atoms with Crippen molar-refractivity contribution in [3.05, 3.63) is 52.6 Å². The molecule has 384 valence electrons. The van der Waals surface area contributed by atoms with Crippen molar-refractivity contribution in [3.63, 3.8) is 0 Å². The van der Waals surface area contributed by atoms with Crippen molar-refractivity contribution < 1.29 is 43.9 Å². The number of rotatable bonds is 16. The van der Waals surface area contributed by atoms with Gasteiger partial charge in [0.05, 0.1) is 24.9 Å². The number of esters is 1. The summed E-state index contributed by atoms with van der Waals surface area (Å²) in [5.41, 5.74) is 10.6. The predicted molar refractivity (Wildman–Crippen MR) is 270 cm³/mol. The molecule has 8 aliphatic carbocycles. The number of carbonyl (C=O) groups is 3. The molecule has 8 aliphatic rings. The number of ether oxygens (including phenoxy) is 3. The number of aliphatic hydroxyl groups is 2. The number of aliphatic hydroxyl groups excluding tert-OH is 1. The quantitative estimate of drug-likeness (QED) is 0.0708. The van der Waals surface area contributed by atoms with Gasteiger partial charge in [0, 0.05) is 56.3 Å². The minimum absolute atomic E-state index is 0.00719. The number of fused-ring (bicyclic) bond motifs is 9. The first kappa shape index (κ1) is 51.4. The first-order valence-electron chi connectivity index (χ1n) is 27.4. The Morgan fingerprint density at radius 3 is 2.50 bits per heavy atom. The third-order valence-electron chi connectivity index (χ3n) is 21.1. The highest BCUT2D eigenvalue weighted by Crippen LogP contribution is 2.70. The van der Waals surface area contributed by atoms with Crippen molar-refractivity contribution >= 4 is 23.4 Å². The monoisotopic (exact) mass is 965 g/mol. The number of allylic oxidation sites excluding steroid dienone is 4. The van der Waals surface area contributed by atoms with Crippen LogP contribution in [0.2, 0.25) is 0 Å². The number of carbonyl (C=O) groups excluding carboxylic acids is 2. The molecule has 5 N–H and O–H groups in total. The van der Waals surface area contributed by atoms with Crippen molar-refractivity contribution in [1.29, 1.82) is 0 Å². The maximum atomic E-state index is 12.6. The molecule has 0 bridgehead atoms. The molecule has 0 aliphatic heterocycles. The number of carboxylic acid groups (broad SMARTS) is 1. The number of likely N-dealkylation sites (N-methyl/N-ethyl adjacent to an activating group) is 1. The van der Waals surface area contributed by atoms with Gasteiger partial charge in [0.25, 0.3) is 0 Å². The van der Waals surface area contributed by atoms with Crippen LogP contribution in [0.5, 0.6) is 0 Å². The third kappa shape index (κ3) is 9.15. The van der Waals surface area contributed by atoms with E-state index in [1.807, 2.05) is 6.92 Å². The number of anilines is 1. The number of hydrogen-bond donors (Lipinski definition) is 4. The molecule has 11 heteroatoms. The van der Waals surface area contributed by atoms with Crippen molar-refractivity contribution in [2.24, 2.45) is 69.3 Å². The fraction of sp³-hybridized carbons (Fsp3) is 0.746. The normalized spacial score (nSPS) is 40.0. The van der Waals surface area contributed by atoms with E-state index in [0.717, 1.165) is 76.4 Å². The van der Waals surface area contributed by atoms with Gasteiger partial charge in [-0.1, -0.05) is 57.4 Å². The lowest BCUT2D eigenvalue weighted by atomic mass is 9.43. The summed E-state index contributed by atoms with van der Waals surface area (Å²) < 4.78 is 19.1. The molecule has 70 heavy (non-hydrogen) atoms. The van der Waals surface area contributed by atoms with E-state index in [9.17, 15) is 29.7 Å². The molecule has 7 fully saturated rings. The van der Waals surface area contributed by atoms with Crippen LogP contribution in [0.25, 0.3) is 0 Å². The standard InChI is InChI=1S/C59H84N2O9/c1-7-24-59(67)26-23-47-44-17-13-38-30-41(62)16-18-43(38)54(44)45(34-57(47,59)4)37-11-14-40(15-12-37)61(6)28-29-68-42-22-25-56(3)39(31-42)32-50(69-35-70-53(66)9-8-27-60)55-48-20-19-46(36(2)10-21-52(64)65)58(48,5)51(63)33-49(55)56/h11-15,36,39,42,44-51,55,63,67H,8-10,16-23,25-35,60H2,1-6H3,(H,64,65)/t36-,39+,42+,44?,45-,46-,47?,48+,49+,50-,51+,55+,56+,57+,58-,59+/m1/s1. The molecule has 0 amide bonds. The molecule has 0 heterocycles. The SMILES string of the molecule is CC#C[C@]1(O)CCC2C3CC=C4CC(=O)CCC4=C3[C@@H](c3ccc(N(C)CCO[C@H]4CC[C@@]5(C)[C@@H](C4)C[C@@H](OCOC(=O)CCCN)[C@@H]4[C@@H]5C[C@H](O)[C@]5(C)[C@@H]([C@H](C)CCC(=O)O)CC[C@@H]45)cc3)C[C@@]21C. The Morgan fingerprint density at radius 1 is 0.971 bits per heavy atom. The molecule has 16 atom stereocenters. The molecular weight excluding hydrogens is 881 g/mol. The average molecular weight is 965 g/mol. The number of benzene rings is 1. The van der Waals surface area contributed by atoms with Gasteiger partial charge in [-0.3, -0.25) is 14.4 Å². The summed E-state index contributed by atoms with van der Waals surface area (Å²) in [6, 6.07) is 9.08. The second-order valence-corrected chi connectivity index (χ2v) is 24.2. The summed E-state index contributed by atoms with van der Waals surface area (Å²) in [5, 5.41) is 33.9. The Morgan fingerprint density at radius 2 is 1.76 bits per heavy atom. The van der Waals surface area contributed by atoms with Crippen molar-refractivity contribution in [2.45, 2.75) is 180 Å². The maximum Gasteiger partial charge on any atom is 0.307 e. The molecule has 2 unspecified atom stereocenters. The lowest BCUT2D eigenvalue weighted by Crippen LogP contribution is -2.63. The first-order chi connectivity index (χ1) is 33.4. The van der Waals surface area contributed by atoms with Gasteiger partial charge in [-0.25, -0.2) is 0 Å². The van der Waals surface area contributed by atoms with Crippen molar-refractivity contribution in [2.75, 3.05) is 38.4 Å². The van der Waals surface area contributed by atoms with Crippen LogP contribution in [0.3, 0.4) is 0 Å². The molecule has 7 saturated carbocycles. The highest BCUT2D eigenvalue weighted by Gasteiger charge is 2.67. The Bertz CT molecular complexity index is 2250. The Balaban J connectivity index is 0.867. The highest BCUT2D eigenvalue weighted by molar-refractivity contribution is 5.84. The van der Waals surface area contributed by atoms with Crippen LogP contribution in [0.15, 0.2) is 47.1 Å². The smallest absolute Gasteiger partial charge is 0.307 e. The Labute approximate surface area is 418 Å². The van der Waals surface area contributed by atoms with Crippen molar-refractivity contribution in [3.8, 4) is 11.8 Å². The third-order valence-corrected chi connectivity index (χ3v) is 21.1. The number of ketones is 1. The van der Waals surface area contributed by atoms with Gasteiger partial charge in [-0.15, -0.1) is 5.92 Å². The van der Waals surface area contributed by atoms with Crippen LogP contribution in [0, 0.1) is 75.4 Å². The average Bonchev–Trinajstić information content (AvgIpc) is 3.83. The van der Waals surface area contributed by atoms with E-state index in [-0.39, 0.29) is 89.6 Å². The van der Waals surface area contributed by atoms with Crippen LogP contribution < -0.4 is 10.6 Å². The number of hydrogen-bond acceptors (Lipinski definition) is 10. The lowest BCUT2D eigenvalue weighted by molar-refractivity contribution is -0.232. The van der Waals surface area contributed by atoms with E-state index >= 15 is 0 Å². The number of nitrogens with two attached hydrogens (primary N) is 1. The van der Waals surface area contributed by atoms with Gasteiger partial charge in [0.2, 0.25) is 0 Å². The minimum Gasteiger partial charge on any atom is -0.481 e. The van der Waals surface area contributed by atoms with E-state index in [1.165, 1.54) is 22.3 Å². The topological polar surface area (TPSA) is 169 Å². The molecule has 0 aromatic heterocycles. The zero-order valence-corrected chi connectivity index (χ0v) is 43.2. The van der Waals surface area contributed by atoms with E-state index in [2.05, 4.69) is 81.8 Å². The molecule has 1 aromatic rings. The van der Waals surface area contributed by atoms with Gasteiger partial charge < -0.3 is 40.2 Å². The van der Waals surface area contributed by atoms with Crippen LogP contribution in [-0.4, -0.2) is 90.5 Å². The number of nitrogens with zero attached hydrogens (tertiary/aromatic N) is 1. The summed E-state index contributed by atoms with van der Waals surface area (Å²) in [6.07, 6.45) is 15.3. The fourth-order valence-corrected chi connectivity index (χ4v) is 17.2. The van der Waals surface area contributed by atoms with Crippen LogP contribution >= 0.6 is 0 Å². The molecule has 11 nitrogen and oxygen atoms in total. The molecule has 0 saturated heterocycles. The lowest BCUT2D eigenvalue weighted by Gasteiger charge is -2.64. The van der Waals surface area contributed by atoms with Gasteiger partial charge in [-0.2, -0.15) is 0 Å². The number of carboxylic acids is 1. The van der Waals surface area contributed by atoms with Crippen LogP contribution in [0.4, 0.5) is 5.69 Å². The highest BCUT2D eigenvalue weighted by atomic mass is 16.7. The Hall–Kier alpha value is -3.53. The van der Waals surface area contributed by atoms with Gasteiger partial charge >= 0.3 is 11.9 Å². The van der Waals surface area contributed by atoms with E-state index in [4.69, 9.17) is 19.9 Å². The summed E-state index contributed by atoms with van der Waals surface area (Å²) in [7, 11) is 2.14. The Kier molecular flexibility index (Phi) is 15.0. The molecule has 0 spiro atoms. The first-order valence-corrected chi connectivity index (χ1v) is 27.4. The molecular formula is C59H84N2O9. The number of Topliss-reactive ketones (excluding diaryl/α,β-unsaturated/α-hetero) is 1.